The van der Waals surface area contributed by atoms with E-state index < -0.39 is 0 Å². The van der Waals surface area contributed by atoms with Crippen LogP contribution in [-0.2, 0) is 6.54 Å². The summed E-state index contributed by atoms with van der Waals surface area (Å²) in [4.78, 5) is 4.29. The fourth-order valence-corrected chi connectivity index (χ4v) is 2.16. The fourth-order valence-electron chi connectivity index (χ4n) is 2.16. The molecule has 6 heteroatoms. The second-order valence-electron chi connectivity index (χ2n) is 5.10. The second-order valence-corrected chi connectivity index (χ2v) is 5.10. The standard InChI is InChI=1S/C18H19N5O/c19-18(20-11-13-23-12-5-10-21-23)22-15-6-4-9-17(14-15)24-16-7-2-1-3-8-16/h1-10,12,14H,11,13H2,(H3,19,20,22). The van der Waals surface area contributed by atoms with Gasteiger partial charge in [0.1, 0.15) is 11.5 Å². The van der Waals surface area contributed by atoms with Crippen molar-refractivity contribution in [3.05, 3.63) is 73.1 Å². The molecular weight excluding hydrogens is 302 g/mol. The molecule has 0 radical (unpaired) electrons. The maximum atomic E-state index is 5.92. The average molecular weight is 321 g/mol. The molecule has 6 nitrogen and oxygen atoms in total. The predicted molar refractivity (Wildman–Crippen MR) is 95.3 cm³/mol. The minimum Gasteiger partial charge on any atom is -0.457 e. The summed E-state index contributed by atoms with van der Waals surface area (Å²) in [7, 11) is 0. The van der Waals surface area contributed by atoms with Gasteiger partial charge in [0, 0.05) is 24.1 Å². The van der Waals surface area contributed by atoms with Crippen molar-refractivity contribution in [2.45, 2.75) is 6.54 Å². The number of aliphatic imine (C=N–C) groups is 1. The highest BCUT2D eigenvalue weighted by molar-refractivity contribution is 5.92. The molecule has 2 aromatic carbocycles. The van der Waals surface area contributed by atoms with Gasteiger partial charge in [0.05, 0.1) is 13.1 Å². The van der Waals surface area contributed by atoms with E-state index in [9.17, 15) is 0 Å². The van der Waals surface area contributed by atoms with Gasteiger partial charge in [-0.25, -0.2) is 0 Å². The van der Waals surface area contributed by atoms with Gasteiger partial charge < -0.3 is 15.8 Å². The van der Waals surface area contributed by atoms with Crippen LogP contribution in [0.4, 0.5) is 5.69 Å². The summed E-state index contributed by atoms with van der Waals surface area (Å²) in [6.07, 6.45) is 3.63. The van der Waals surface area contributed by atoms with Gasteiger partial charge in [0.15, 0.2) is 5.96 Å². The van der Waals surface area contributed by atoms with E-state index in [2.05, 4.69) is 15.4 Å². The Kier molecular flexibility index (Phi) is 5.09. The summed E-state index contributed by atoms with van der Waals surface area (Å²) in [6.45, 7) is 1.24. The zero-order valence-corrected chi connectivity index (χ0v) is 13.2. The SMILES string of the molecule is NC(=NCCn1cccn1)Nc1cccc(Oc2ccccc2)c1. The molecule has 0 aliphatic rings. The molecule has 0 unspecified atom stereocenters. The third kappa shape index (κ3) is 4.61. The van der Waals surface area contributed by atoms with E-state index in [-0.39, 0.29) is 0 Å². The Morgan fingerprint density at radius 3 is 2.71 bits per heavy atom. The van der Waals surface area contributed by atoms with Crippen LogP contribution in [-0.4, -0.2) is 22.3 Å². The first-order chi connectivity index (χ1) is 11.8. The number of ether oxygens (including phenoxy) is 1. The molecule has 0 aliphatic carbocycles. The lowest BCUT2D eigenvalue weighted by atomic mass is 10.3. The number of hydrogen-bond donors (Lipinski definition) is 2. The minimum absolute atomic E-state index is 0.360. The number of anilines is 1. The molecule has 1 heterocycles. The molecule has 3 N–H and O–H groups in total. The Hall–Kier alpha value is -3.28. The summed E-state index contributed by atoms with van der Waals surface area (Å²) in [5, 5.41) is 7.18. The number of nitrogens with two attached hydrogens (primary N) is 1. The van der Waals surface area contributed by atoms with Crippen molar-refractivity contribution in [3.63, 3.8) is 0 Å². The quantitative estimate of drug-likeness (QED) is 0.540. The molecule has 0 atom stereocenters. The number of benzene rings is 2. The van der Waals surface area contributed by atoms with Crippen molar-refractivity contribution in [1.29, 1.82) is 0 Å². The van der Waals surface area contributed by atoms with Crippen molar-refractivity contribution in [3.8, 4) is 11.5 Å². The first-order valence-electron chi connectivity index (χ1n) is 7.67. The maximum Gasteiger partial charge on any atom is 0.193 e. The Bertz CT molecular complexity index is 784. The first-order valence-corrected chi connectivity index (χ1v) is 7.67. The molecule has 0 spiro atoms. The van der Waals surface area contributed by atoms with Crippen LogP contribution in [0, 0.1) is 0 Å². The lowest BCUT2D eigenvalue weighted by Gasteiger charge is -2.09. The Morgan fingerprint density at radius 2 is 1.92 bits per heavy atom. The molecule has 0 bridgehead atoms. The van der Waals surface area contributed by atoms with Gasteiger partial charge >= 0.3 is 0 Å². The summed E-state index contributed by atoms with van der Waals surface area (Å²) in [5.41, 5.74) is 6.74. The number of guanidine groups is 1. The summed E-state index contributed by atoms with van der Waals surface area (Å²) in [6, 6.07) is 19.1. The molecule has 3 rings (SSSR count). The molecule has 24 heavy (non-hydrogen) atoms. The summed E-state index contributed by atoms with van der Waals surface area (Å²) in [5.74, 6) is 1.88. The van der Waals surface area contributed by atoms with E-state index in [1.165, 1.54) is 0 Å². The van der Waals surface area contributed by atoms with Gasteiger partial charge in [-0.2, -0.15) is 5.10 Å². The third-order valence-electron chi connectivity index (χ3n) is 3.26. The minimum atomic E-state index is 0.360. The number of nitrogens with zero attached hydrogens (tertiary/aromatic N) is 3. The van der Waals surface area contributed by atoms with Crippen LogP contribution in [0.3, 0.4) is 0 Å². The van der Waals surface area contributed by atoms with Gasteiger partial charge in [-0.15, -0.1) is 0 Å². The largest absolute Gasteiger partial charge is 0.457 e. The second kappa shape index (κ2) is 7.82. The number of hydrogen-bond acceptors (Lipinski definition) is 3. The lowest BCUT2D eigenvalue weighted by molar-refractivity contribution is 0.483. The normalized spacial score (nSPS) is 11.2. The van der Waals surface area contributed by atoms with E-state index in [1.54, 1.807) is 6.20 Å². The van der Waals surface area contributed by atoms with Crippen LogP contribution in [0.25, 0.3) is 0 Å². The monoisotopic (exact) mass is 321 g/mol. The van der Waals surface area contributed by atoms with Crippen LogP contribution in [0.1, 0.15) is 0 Å². The molecule has 3 aromatic rings. The fraction of sp³-hybridized carbons (Fsp3) is 0.111. The Balaban J connectivity index is 1.57. The highest BCUT2D eigenvalue weighted by atomic mass is 16.5. The van der Waals surface area contributed by atoms with Gasteiger partial charge in [-0.3, -0.25) is 9.67 Å². The lowest BCUT2D eigenvalue weighted by Crippen LogP contribution is -2.23. The van der Waals surface area contributed by atoms with E-state index in [4.69, 9.17) is 10.5 Å². The van der Waals surface area contributed by atoms with Crippen LogP contribution >= 0.6 is 0 Å². The van der Waals surface area contributed by atoms with Crippen molar-refractivity contribution in [2.75, 3.05) is 11.9 Å². The highest BCUT2D eigenvalue weighted by Crippen LogP contribution is 2.23. The Morgan fingerprint density at radius 1 is 1.08 bits per heavy atom. The van der Waals surface area contributed by atoms with E-state index in [1.807, 2.05) is 71.5 Å². The number of para-hydroxylation sites is 1. The molecule has 0 saturated carbocycles. The first kappa shape index (κ1) is 15.6. The highest BCUT2D eigenvalue weighted by Gasteiger charge is 2.00. The molecule has 122 valence electrons. The molecule has 0 aliphatic heterocycles. The van der Waals surface area contributed by atoms with Crippen LogP contribution in [0.2, 0.25) is 0 Å². The zero-order chi connectivity index (χ0) is 16.6. The summed E-state index contributed by atoms with van der Waals surface area (Å²) < 4.78 is 7.61. The maximum absolute atomic E-state index is 5.92. The van der Waals surface area contributed by atoms with E-state index in [0.717, 1.165) is 17.2 Å². The number of rotatable bonds is 6. The smallest absolute Gasteiger partial charge is 0.193 e. The third-order valence-corrected chi connectivity index (χ3v) is 3.26. The van der Waals surface area contributed by atoms with Gasteiger partial charge in [-0.1, -0.05) is 24.3 Å². The van der Waals surface area contributed by atoms with Gasteiger partial charge in [0.2, 0.25) is 0 Å². The van der Waals surface area contributed by atoms with Crippen molar-refractivity contribution in [2.24, 2.45) is 10.7 Å². The van der Waals surface area contributed by atoms with Crippen molar-refractivity contribution >= 4 is 11.6 Å². The van der Waals surface area contributed by atoms with Crippen LogP contribution < -0.4 is 15.8 Å². The van der Waals surface area contributed by atoms with Crippen molar-refractivity contribution in [1.82, 2.24) is 9.78 Å². The van der Waals surface area contributed by atoms with E-state index in [0.29, 0.717) is 19.0 Å². The molecule has 0 fully saturated rings. The Labute approximate surface area is 140 Å². The van der Waals surface area contributed by atoms with Gasteiger partial charge in [0.25, 0.3) is 0 Å². The molecule has 1 aromatic heterocycles. The van der Waals surface area contributed by atoms with E-state index >= 15 is 0 Å². The number of nitrogens with one attached hydrogen (secondary N) is 1. The topological polar surface area (TPSA) is 77.5 Å². The van der Waals surface area contributed by atoms with Crippen LogP contribution in [0.15, 0.2) is 78.0 Å². The van der Waals surface area contributed by atoms with Crippen molar-refractivity contribution < 1.29 is 4.74 Å². The molecular formula is C18H19N5O. The molecule has 0 amide bonds. The number of aromatic nitrogens is 2. The molecule has 0 saturated heterocycles. The van der Waals surface area contributed by atoms with Crippen LogP contribution in [0.5, 0.6) is 11.5 Å². The summed E-state index contributed by atoms with van der Waals surface area (Å²) >= 11 is 0. The van der Waals surface area contributed by atoms with Gasteiger partial charge in [-0.05, 0) is 30.3 Å². The predicted octanol–water partition coefficient (Wildman–Crippen LogP) is 3.10. The zero-order valence-electron chi connectivity index (χ0n) is 13.2. The average Bonchev–Trinajstić information content (AvgIpc) is 3.09.